The number of rotatable bonds is 21. The summed E-state index contributed by atoms with van der Waals surface area (Å²) in [6.45, 7) is 27.3. The molecule has 0 spiro atoms. The minimum absolute atomic E-state index is 0.180. The van der Waals surface area contributed by atoms with Crippen molar-refractivity contribution in [3.8, 4) is 0 Å². The third-order valence-electron chi connectivity index (χ3n) is 11.0. The van der Waals surface area contributed by atoms with Gasteiger partial charge in [-0.3, -0.25) is 0 Å². The standard InChI is InChI=1S/C44H70O2/c1-11-44(10)30-28-41(32-42(44)34(4)5)38(9)22-15-23-39-24-26-40(27-25-39)43(45)46-31-29-37(8)21-14-20-36(7)19-13-18-35(6)17-12-16-33(2)3/h11,15,23-27,29,33,35-36,38,41-42H,1,4,12-14,16-22,28,30-32H2,2-3,5-10H3/b23-15+,37-29+/t35-,36+,38?,41-,42+,44-/m1/s1. The van der Waals surface area contributed by atoms with Crippen molar-refractivity contribution in [2.24, 2.45) is 40.9 Å². The van der Waals surface area contributed by atoms with Crippen molar-refractivity contribution in [3.63, 3.8) is 0 Å². The van der Waals surface area contributed by atoms with Crippen molar-refractivity contribution >= 4 is 12.0 Å². The van der Waals surface area contributed by atoms with E-state index in [1.54, 1.807) is 0 Å². The molecule has 0 heterocycles. The minimum atomic E-state index is -0.254. The van der Waals surface area contributed by atoms with E-state index in [9.17, 15) is 4.79 Å². The quantitative estimate of drug-likeness (QED) is 0.0997. The van der Waals surface area contributed by atoms with Gasteiger partial charge >= 0.3 is 5.97 Å². The maximum atomic E-state index is 12.6. The SMILES string of the molecule is C=C[C@]1(C)CC[C@@H](C(C)C/C=C/c2ccc(C(=O)OC/C=C(\C)CCC[C@@H](C)CCC[C@H](C)CCCC(C)C)cc2)C[C@H]1C(=C)C. The summed E-state index contributed by atoms with van der Waals surface area (Å²) in [7, 11) is 0. The van der Waals surface area contributed by atoms with Crippen molar-refractivity contribution in [1.82, 2.24) is 0 Å². The number of esters is 1. The van der Waals surface area contributed by atoms with Gasteiger partial charge in [-0.15, -0.1) is 6.58 Å². The number of hydrogen-bond donors (Lipinski definition) is 0. The Morgan fingerprint density at radius 3 is 2.15 bits per heavy atom. The maximum Gasteiger partial charge on any atom is 0.338 e. The molecular weight excluding hydrogens is 560 g/mol. The number of benzene rings is 1. The van der Waals surface area contributed by atoms with Gasteiger partial charge in [0.1, 0.15) is 6.61 Å². The van der Waals surface area contributed by atoms with E-state index in [4.69, 9.17) is 4.74 Å². The smallest absolute Gasteiger partial charge is 0.338 e. The molecule has 46 heavy (non-hydrogen) atoms. The summed E-state index contributed by atoms with van der Waals surface area (Å²) >= 11 is 0. The van der Waals surface area contributed by atoms with Gasteiger partial charge in [0.2, 0.25) is 0 Å². The summed E-state index contributed by atoms with van der Waals surface area (Å²) in [6.07, 6.45) is 25.2. The van der Waals surface area contributed by atoms with E-state index < -0.39 is 0 Å². The molecule has 1 saturated carbocycles. The number of carbonyl (C=O) groups is 1. The molecule has 2 nitrogen and oxygen atoms in total. The summed E-state index contributed by atoms with van der Waals surface area (Å²) in [5, 5.41) is 0. The van der Waals surface area contributed by atoms with Crippen LogP contribution in [-0.2, 0) is 4.74 Å². The van der Waals surface area contributed by atoms with Crippen LogP contribution in [0.2, 0.25) is 0 Å². The molecule has 2 heteroatoms. The lowest BCUT2D eigenvalue weighted by molar-refractivity contribution is 0.0549. The number of hydrogen-bond acceptors (Lipinski definition) is 2. The van der Waals surface area contributed by atoms with Crippen LogP contribution in [0.15, 0.2) is 66.8 Å². The van der Waals surface area contributed by atoms with E-state index in [-0.39, 0.29) is 11.4 Å². The van der Waals surface area contributed by atoms with Crippen LogP contribution in [0.3, 0.4) is 0 Å². The topological polar surface area (TPSA) is 26.3 Å². The second-order valence-electron chi connectivity index (χ2n) is 15.9. The lowest BCUT2D eigenvalue weighted by atomic mass is 9.60. The molecule has 0 saturated heterocycles. The Hall–Kier alpha value is -2.35. The van der Waals surface area contributed by atoms with Crippen LogP contribution in [0, 0.1) is 40.9 Å². The lowest BCUT2D eigenvalue weighted by Crippen LogP contribution is -2.35. The highest BCUT2D eigenvalue weighted by Crippen LogP contribution is 2.49. The zero-order valence-corrected chi connectivity index (χ0v) is 31.2. The van der Waals surface area contributed by atoms with Crippen molar-refractivity contribution in [3.05, 3.63) is 77.9 Å². The molecule has 6 atom stereocenters. The lowest BCUT2D eigenvalue weighted by Gasteiger charge is -2.45. The Bertz CT molecular complexity index is 1110. The van der Waals surface area contributed by atoms with Gasteiger partial charge < -0.3 is 4.74 Å². The van der Waals surface area contributed by atoms with Crippen molar-refractivity contribution in [2.45, 2.75) is 139 Å². The molecule has 258 valence electrons. The monoisotopic (exact) mass is 631 g/mol. The molecule has 1 fully saturated rings. The number of ether oxygens (including phenoxy) is 1. The van der Waals surface area contributed by atoms with Crippen LogP contribution in [-0.4, -0.2) is 12.6 Å². The average molecular weight is 631 g/mol. The van der Waals surface area contributed by atoms with Gasteiger partial charge in [-0.25, -0.2) is 4.79 Å². The van der Waals surface area contributed by atoms with Crippen molar-refractivity contribution in [1.29, 1.82) is 0 Å². The van der Waals surface area contributed by atoms with E-state index >= 15 is 0 Å². The van der Waals surface area contributed by atoms with Gasteiger partial charge in [-0.1, -0.05) is 135 Å². The Morgan fingerprint density at radius 2 is 1.57 bits per heavy atom. The van der Waals surface area contributed by atoms with Crippen LogP contribution in [0.4, 0.5) is 0 Å². The fourth-order valence-electron chi connectivity index (χ4n) is 7.38. The van der Waals surface area contributed by atoms with Gasteiger partial charge in [0.25, 0.3) is 0 Å². The Kier molecular flexibility index (Phi) is 18.0. The van der Waals surface area contributed by atoms with Gasteiger partial charge in [0.15, 0.2) is 0 Å². The third kappa shape index (κ3) is 14.6. The fourth-order valence-corrected chi connectivity index (χ4v) is 7.38. The largest absolute Gasteiger partial charge is 0.458 e. The third-order valence-corrected chi connectivity index (χ3v) is 11.0. The molecule has 0 radical (unpaired) electrons. The molecule has 1 aliphatic carbocycles. The summed E-state index contributed by atoms with van der Waals surface area (Å²) in [5.41, 5.74) is 4.51. The molecular formula is C44H70O2. The highest BCUT2D eigenvalue weighted by molar-refractivity contribution is 5.89. The van der Waals surface area contributed by atoms with Crippen molar-refractivity contribution < 1.29 is 9.53 Å². The normalized spacial score (nSPS) is 22.5. The summed E-state index contributed by atoms with van der Waals surface area (Å²) in [6, 6.07) is 7.79. The Morgan fingerprint density at radius 1 is 0.957 bits per heavy atom. The molecule has 1 aromatic carbocycles. The summed E-state index contributed by atoms with van der Waals surface area (Å²) in [4.78, 5) is 12.6. The molecule has 0 bridgehead atoms. The minimum Gasteiger partial charge on any atom is -0.458 e. The number of allylic oxidation sites excluding steroid dienone is 4. The molecule has 0 aliphatic heterocycles. The molecule has 2 rings (SSSR count). The Balaban J connectivity index is 1.66. The predicted octanol–water partition coefficient (Wildman–Crippen LogP) is 13.5. The van der Waals surface area contributed by atoms with Crippen LogP contribution in [0.25, 0.3) is 6.08 Å². The van der Waals surface area contributed by atoms with E-state index in [1.807, 2.05) is 24.3 Å². The predicted molar refractivity (Wildman–Crippen MR) is 202 cm³/mol. The average Bonchev–Trinajstić information content (AvgIpc) is 3.01. The van der Waals surface area contributed by atoms with E-state index in [2.05, 4.69) is 92.9 Å². The maximum absolute atomic E-state index is 12.6. The first-order valence-corrected chi connectivity index (χ1v) is 18.7. The van der Waals surface area contributed by atoms with E-state index in [0.29, 0.717) is 29.9 Å². The highest BCUT2D eigenvalue weighted by atomic mass is 16.5. The van der Waals surface area contributed by atoms with Crippen LogP contribution in [0.5, 0.6) is 0 Å². The zero-order chi connectivity index (χ0) is 34.1. The molecule has 0 amide bonds. The number of carbonyl (C=O) groups excluding carboxylic acids is 1. The first-order chi connectivity index (χ1) is 21.8. The first-order valence-electron chi connectivity index (χ1n) is 18.7. The van der Waals surface area contributed by atoms with E-state index in [0.717, 1.165) is 36.2 Å². The molecule has 1 unspecified atom stereocenters. The fraction of sp³-hybridized carbons (Fsp3) is 0.659. The zero-order valence-electron chi connectivity index (χ0n) is 31.2. The van der Waals surface area contributed by atoms with Crippen LogP contribution >= 0.6 is 0 Å². The van der Waals surface area contributed by atoms with Gasteiger partial charge in [-0.2, -0.15) is 0 Å². The molecule has 1 aliphatic rings. The molecule has 1 aromatic rings. The second-order valence-corrected chi connectivity index (χ2v) is 15.9. The second kappa shape index (κ2) is 20.8. The van der Waals surface area contributed by atoms with Crippen molar-refractivity contribution in [2.75, 3.05) is 6.61 Å². The Labute approximate surface area is 285 Å². The molecule has 0 aromatic heterocycles. The first kappa shape index (κ1) is 39.8. The summed E-state index contributed by atoms with van der Waals surface area (Å²) in [5.74, 6) is 4.10. The van der Waals surface area contributed by atoms with Gasteiger partial charge in [0.05, 0.1) is 5.56 Å². The van der Waals surface area contributed by atoms with Gasteiger partial charge in [0, 0.05) is 0 Å². The highest BCUT2D eigenvalue weighted by Gasteiger charge is 2.39. The van der Waals surface area contributed by atoms with Crippen LogP contribution < -0.4 is 0 Å². The van der Waals surface area contributed by atoms with Crippen LogP contribution in [0.1, 0.15) is 155 Å². The summed E-state index contributed by atoms with van der Waals surface area (Å²) < 4.78 is 5.56. The van der Waals surface area contributed by atoms with E-state index in [1.165, 1.54) is 81.8 Å². The van der Waals surface area contributed by atoms with Gasteiger partial charge in [-0.05, 0) is 117 Å². The molecule has 0 N–H and O–H groups in total.